The summed E-state index contributed by atoms with van der Waals surface area (Å²) >= 11 is 0. The summed E-state index contributed by atoms with van der Waals surface area (Å²) in [4.78, 5) is 4.71. The van der Waals surface area contributed by atoms with Gasteiger partial charge in [-0.15, -0.1) is 0 Å². The van der Waals surface area contributed by atoms with Crippen LogP contribution in [0.4, 0.5) is 11.4 Å². The maximum absolute atomic E-state index is 4.75. The van der Waals surface area contributed by atoms with E-state index in [9.17, 15) is 0 Å². The van der Waals surface area contributed by atoms with Crippen LogP contribution in [0.5, 0.6) is 0 Å². The van der Waals surface area contributed by atoms with Crippen molar-refractivity contribution in [2.45, 2.75) is 27.7 Å². The first-order valence-electron chi connectivity index (χ1n) is 10.4. The number of aromatic nitrogens is 2. The van der Waals surface area contributed by atoms with Crippen LogP contribution in [0.15, 0.2) is 54.6 Å². The predicted molar refractivity (Wildman–Crippen MR) is 121 cm³/mol. The molecule has 0 aliphatic carbocycles. The predicted octanol–water partition coefficient (Wildman–Crippen LogP) is 5.45. The van der Waals surface area contributed by atoms with Gasteiger partial charge in [0.2, 0.25) is 0 Å². The van der Waals surface area contributed by atoms with Crippen LogP contribution >= 0.6 is 0 Å². The third-order valence-electron chi connectivity index (χ3n) is 5.46. The van der Waals surface area contributed by atoms with Gasteiger partial charge in [0.25, 0.3) is 0 Å². The van der Waals surface area contributed by atoms with Crippen molar-refractivity contribution in [3.8, 4) is 22.5 Å². The summed E-state index contributed by atoms with van der Waals surface area (Å²) in [6.45, 7) is 12.8. The van der Waals surface area contributed by atoms with Crippen LogP contribution in [0, 0.1) is 0 Å². The van der Waals surface area contributed by atoms with Crippen LogP contribution in [-0.4, -0.2) is 36.0 Å². The van der Waals surface area contributed by atoms with E-state index in [2.05, 4.69) is 92.1 Å². The monoisotopic (exact) mass is 376 g/mol. The molecule has 0 aliphatic rings. The normalized spacial score (nSPS) is 10.9. The maximum atomic E-state index is 4.75. The highest BCUT2D eigenvalue weighted by molar-refractivity contribution is 5.71. The molecule has 0 unspecified atom stereocenters. The largest absolute Gasteiger partial charge is 0.372 e. The van der Waals surface area contributed by atoms with E-state index in [0.29, 0.717) is 0 Å². The Bertz CT molecular complexity index is 870. The summed E-state index contributed by atoms with van der Waals surface area (Å²) in [5.41, 5.74) is 7.01. The van der Waals surface area contributed by atoms with Crippen molar-refractivity contribution in [3.05, 3.63) is 54.6 Å². The van der Waals surface area contributed by atoms with E-state index in [1.165, 1.54) is 16.9 Å². The van der Waals surface area contributed by atoms with Crippen LogP contribution in [0.1, 0.15) is 27.7 Å². The number of aryl methyl sites for hydroxylation is 1. The molecule has 1 aromatic heterocycles. The lowest BCUT2D eigenvalue weighted by molar-refractivity contribution is 0.779. The topological polar surface area (TPSA) is 24.3 Å². The average molecular weight is 377 g/mol. The minimum Gasteiger partial charge on any atom is -0.372 e. The molecule has 148 valence electrons. The van der Waals surface area contributed by atoms with E-state index in [4.69, 9.17) is 5.10 Å². The van der Waals surface area contributed by atoms with Gasteiger partial charge in [0.05, 0.1) is 11.4 Å². The molecule has 28 heavy (non-hydrogen) atoms. The lowest BCUT2D eigenvalue weighted by Crippen LogP contribution is -2.21. The van der Waals surface area contributed by atoms with E-state index < -0.39 is 0 Å². The summed E-state index contributed by atoms with van der Waals surface area (Å²) in [5.74, 6) is 0. The van der Waals surface area contributed by atoms with Crippen LogP contribution in [0.25, 0.3) is 22.5 Å². The molecule has 0 N–H and O–H groups in total. The standard InChI is InChI=1S/C24H32N4/c1-6-27(7-2)21-14-10-19(11-15-21)23-18-24(26(5)25-23)20-12-16-22(17-13-20)28(8-3)9-4/h10-18H,6-9H2,1-5H3. The van der Waals surface area contributed by atoms with E-state index in [0.717, 1.165) is 43.1 Å². The van der Waals surface area contributed by atoms with Gasteiger partial charge in [-0.3, -0.25) is 4.68 Å². The fourth-order valence-corrected chi connectivity index (χ4v) is 3.74. The minimum atomic E-state index is 1.01. The molecule has 3 rings (SSSR count). The summed E-state index contributed by atoms with van der Waals surface area (Å²) in [5, 5.41) is 4.75. The third-order valence-corrected chi connectivity index (χ3v) is 5.46. The van der Waals surface area contributed by atoms with Gasteiger partial charge in [-0.25, -0.2) is 0 Å². The van der Waals surface area contributed by atoms with E-state index >= 15 is 0 Å². The SMILES string of the molecule is CCN(CC)c1ccc(-c2cc(-c3ccc(N(CC)CC)cc3)n(C)n2)cc1. The Kier molecular flexibility index (Phi) is 6.40. The van der Waals surface area contributed by atoms with Crippen molar-refractivity contribution in [1.82, 2.24) is 9.78 Å². The lowest BCUT2D eigenvalue weighted by Gasteiger charge is -2.21. The first-order chi connectivity index (χ1) is 13.6. The molecule has 0 bridgehead atoms. The zero-order chi connectivity index (χ0) is 20.1. The van der Waals surface area contributed by atoms with Crippen LogP contribution < -0.4 is 9.80 Å². The second-order valence-corrected chi connectivity index (χ2v) is 6.98. The number of nitrogens with zero attached hydrogens (tertiary/aromatic N) is 4. The van der Waals surface area contributed by atoms with E-state index in [1.54, 1.807) is 0 Å². The molecule has 0 saturated carbocycles. The molecule has 0 amide bonds. The second kappa shape index (κ2) is 8.96. The first kappa shape index (κ1) is 20.0. The van der Waals surface area contributed by atoms with E-state index in [-0.39, 0.29) is 0 Å². The Morgan fingerprint density at radius 3 is 1.54 bits per heavy atom. The molecule has 0 aliphatic heterocycles. The molecule has 4 nitrogen and oxygen atoms in total. The maximum Gasteiger partial charge on any atom is 0.0929 e. The molecular formula is C24H32N4. The van der Waals surface area contributed by atoms with E-state index in [1.807, 2.05) is 11.7 Å². The highest BCUT2D eigenvalue weighted by Gasteiger charge is 2.11. The number of anilines is 2. The van der Waals surface area contributed by atoms with Crippen molar-refractivity contribution in [3.63, 3.8) is 0 Å². The van der Waals surface area contributed by atoms with Gasteiger partial charge in [0, 0.05) is 50.2 Å². The number of hydrogen-bond donors (Lipinski definition) is 0. The zero-order valence-electron chi connectivity index (χ0n) is 17.8. The van der Waals surface area contributed by atoms with Gasteiger partial charge in [-0.2, -0.15) is 5.10 Å². The highest BCUT2D eigenvalue weighted by Crippen LogP contribution is 2.28. The molecule has 0 saturated heterocycles. The highest BCUT2D eigenvalue weighted by atomic mass is 15.3. The molecule has 4 heteroatoms. The summed E-state index contributed by atoms with van der Waals surface area (Å²) in [7, 11) is 2.02. The quantitative estimate of drug-likeness (QED) is 0.523. The van der Waals surface area contributed by atoms with Crippen LogP contribution in [-0.2, 0) is 7.05 Å². The Hall–Kier alpha value is -2.75. The molecule has 0 atom stereocenters. The minimum absolute atomic E-state index is 1.01. The third kappa shape index (κ3) is 4.06. The molecule has 0 fully saturated rings. The van der Waals surface area contributed by atoms with Crippen molar-refractivity contribution in [2.75, 3.05) is 36.0 Å². The van der Waals surface area contributed by atoms with Crippen molar-refractivity contribution in [1.29, 1.82) is 0 Å². The number of hydrogen-bond acceptors (Lipinski definition) is 3. The van der Waals surface area contributed by atoms with Gasteiger partial charge >= 0.3 is 0 Å². The van der Waals surface area contributed by atoms with Gasteiger partial charge < -0.3 is 9.80 Å². The summed E-state index contributed by atoms with van der Waals surface area (Å²) in [6, 6.07) is 19.7. The molecular weight excluding hydrogens is 344 g/mol. The van der Waals surface area contributed by atoms with Gasteiger partial charge in [-0.1, -0.05) is 24.3 Å². The Morgan fingerprint density at radius 1 is 0.679 bits per heavy atom. The lowest BCUT2D eigenvalue weighted by atomic mass is 10.1. The molecule has 0 radical (unpaired) electrons. The average Bonchev–Trinajstić information content (AvgIpc) is 3.12. The number of rotatable bonds is 8. The smallest absolute Gasteiger partial charge is 0.0929 e. The Balaban J connectivity index is 1.85. The summed E-state index contributed by atoms with van der Waals surface area (Å²) < 4.78 is 1.97. The number of benzene rings is 2. The Morgan fingerprint density at radius 2 is 1.11 bits per heavy atom. The van der Waals surface area contributed by atoms with Gasteiger partial charge in [0.15, 0.2) is 0 Å². The first-order valence-corrected chi connectivity index (χ1v) is 10.4. The van der Waals surface area contributed by atoms with Crippen LogP contribution in [0.3, 0.4) is 0 Å². The Labute approximate surface area is 169 Å². The molecule has 1 heterocycles. The molecule has 3 aromatic rings. The fourth-order valence-electron chi connectivity index (χ4n) is 3.74. The van der Waals surface area contributed by atoms with Gasteiger partial charge in [-0.05, 0) is 63.6 Å². The fraction of sp³-hybridized carbons (Fsp3) is 0.375. The molecule has 2 aromatic carbocycles. The van der Waals surface area contributed by atoms with Crippen molar-refractivity contribution in [2.24, 2.45) is 7.05 Å². The van der Waals surface area contributed by atoms with Gasteiger partial charge in [0.1, 0.15) is 0 Å². The zero-order valence-corrected chi connectivity index (χ0v) is 17.8. The summed E-state index contributed by atoms with van der Waals surface area (Å²) in [6.07, 6.45) is 0. The van der Waals surface area contributed by atoms with Crippen LogP contribution in [0.2, 0.25) is 0 Å². The van der Waals surface area contributed by atoms with Crippen molar-refractivity contribution >= 4 is 11.4 Å². The molecule has 0 spiro atoms. The second-order valence-electron chi connectivity index (χ2n) is 6.98. The van der Waals surface area contributed by atoms with Crippen molar-refractivity contribution < 1.29 is 0 Å².